The lowest BCUT2D eigenvalue weighted by Crippen LogP contribution is -2.44. The first-order chi connectivity index (χ1) is 16.5. The first-order valence-electron chi connectivity index (χ1n) is 14.8. The Morgan fingerprint density at radius 3 is 1.41 bits per heavy atom. The fourth-order valence-corrected chi connectivity index (χ4v) is 4.86. The SMILES string of the molecule is CCCCCCCCCCCCN[C@H](C(=O)O)C(CCCCCCCCCCCC)CC(N)=O. The summed E-state index contributed by atoms with van der Waals surface area (Å²) in [4.78, 5) is 23.5. The Balaban J connectivity index is 4.05. The third-order valence-corrected chi connectivity index (χ3v) is 7.02. The van der Waals surface area contributed by atoms with Gasteiger partial charge in [0.25, 0.3) is 0 Å². The molecule has 5 heteroatoms. The number of hydrogen-bond donors (Lipinski definition) is 3. The number of unbranched alkanes of at least 4 members (excludes halogenated alkanes) is 18. The van der Waals surface area contributed by atoms with E-state index in [1.807, 2.05) is 0 Å². The number of nitrogens with two attached hydrogens (primary N) is 1. The van der Waals surface area contributed by atoms with E-state index in [1.54, 1.807) is 0 Å². The van der Waals surface area contributed by atoms with Crippen LogP contribution in [-0.2, 0) is 9.59 Å². The number of rotatable bonds is 27. The smallest absolute Gasteiger partial charge is 0.320 e. The van der Waals surface area contributed by atoms with Crippen LogP contribution < -0.4 is 11.1 Å². The lowest BCUT2D eigenvalue weighted by Gasteiger charge is -2.24. The molecule has 0 aliphatic carbocycles. The molecule has 0 saturated carbocycles. The zero-order chi connectivity index (χ0) is 25.3. The predicted octanol–water partition coefficient (Wildman–Crippen LogP) is 7.75. The number of amides is 1. The summed E-state index contributed by atoms with van der Waals surface area (Å²) in [5.41, 5.74) is 5.45. The number of carbonyl (C=O) groups excluding carboxylic acids is 1. The van der Waals surface area contributed by atoms with Crippen LogP contribution >= 0.6 is 0 Å². The first-order valence-corrected chi connectivity index (χ1v) is 14.8. The van der Waals surface area contributed by atoms with Gasteiger partial charge in [0.05, 0.1) is 0 Å². The van der Waals surface area contributed by atoms with Crippen molar-refractivity contribution in [3.8, 4) is 0 Å². The fraction of sp³-hybridized carbons (Fsp3) is 0.931. The fourth-order valence-electron chi connectivity index (χ4n) is 4.86. The summed E-state index contributed by atoms with van der Waals surface area (Å²) in [5, 5.41) is 13.0. The monoisotopic (exact) mass is 482 g/mol. The molecule has 1 amide bonds. The number of hydrogen-bond acceptors (Lipinski definition) is 3. The molecule has 1 unspecified atom stereocenters. The number of carboxylic acids is 1. The normalized spacial score (nSPS) is 13.1. The lowest BCUT2D eigenvalue weighted by atomic mass is 9.89. The minimum atomic E-state index is -0.856. The van der Waals surface area contributed by atoms with Crippen molar-refractivity contribution in [3.63, 3.8) is 0 Å². The van der Waals surface area contributed by atoms with E-state index >= 15 is 0 Å². The average Bonchev–Trinajstić information content (AvgIpc) is 2.80. The Bertz CT molecular complexity index is 470. The van der Waals surface area contributed by atoms with Crippen LogP contribution in [0.25, 0.3) is 0 Å². The molecule has 0 radical (unpaired) electrons. The van der Waals surface area contributed by atoms with Gasteiger partial charge in [0.15, 0.2) is 0 Å². The van der Waals surface area contributed by atoms with Crippen LogP contribution in [0.5, 0.6) is 0 Å². The van der Waals surface area contributed by atoms with Crippen molar-refractivity contribution in [1.82, 2.24) is 5.32 Å². The van der Waals surface area contributed by atoms with Crippen LogP contribution in [0, 0.1) is 5.92 Å². The van der Waals surface area contributed by atoms with Crippen LogP contribution in [0.2, 0.25) is 0 Å². The molecular formula is C29H58N2O3. The molecule has 0 aliphatic heterocycles. The van der Waals surface area contributed by atoms with Gasteiger partial charge in [-0.2, -0.15) is 0 Å². The third-order valence-electron chi connectivity index (χ3n) is 7.02. The Kier molecular flexibility index (Phi) is 24.2. The molecule has 0 aromatic carbocycles. The molecule has 0 spiro atoms. The molecule has 0 aromatic rings. The molecule has 0 fully saturated rings. The van der Waals surface area contributed by atoms with Gasteiger partial charge in [0.2, 0.25) is 5.91 Å². The second-order valence-corrected chi connectivity index (χ2v) is 10.4. The highest BCUT2D eigenvalue weighted by atomic mass is 16.4. The minimum Gasteiger partial charge on any atom is -0.480 e. The summed E-state index contributed by atoms with van der Waals surface area (Å²) < 4.78 is 0. The number of carboxylic acid groups (broad SMARTS) is 1. The van der Waals surface area contributed by atoms with Crippen LogP contribution in [0.4, 0.5) is 0 Å². The van der Waals surface area contributed by atoms with Gasteiger partial charge < -0.3 is 16.2 Å². The zero-order valence-corrected chi connectivity index (χ0v) is 22.8. The average molecular weight is 483 g/mol. The van der Waals surface area contributed by atoms with Crippen LogP contribution in [0.1, 0.15) is 155 Å². The molecule has 0 aromatic heterocycles. The van der Waals surface area contributed by atoms with E-state index in [1.165, 1.54) is 103 Å². The van der Waals surface area contributed by atoms with E-state index < -0.39 is 17.9 Å². The van der Waals surface area contributed by atoms with Crippen molar-refractivity contribution < 1.29 is 14.7 Å². The standard InChI is InChI=1S/C29H58N2O3/c1-3-5-7-9-11-13-15-17-19-21-23-26(25-27(30)32)28(29(33)34)31-24-22-20-18-16-14-12-10-8-6-4-2/h26,28,31H,3-25H2,1-2H3,(H2,30,32)(H,33,34)/t26?,28-/m0/s1. The Morgan fingerprint density at radius 2 is 1.03 bits per heavy atom. The summed E-state index contributed by atoms with van der Waals surface area (Å²) >= 11 is 0. The van der Waals surface area contributed by atoms with Gasteiger partial charge >= 0.3 is 5.97 Å². The van der Waals surface area contributed by atoms with Crippen molar-refractivity contribution in [1.29, 1.82) is 0 Å². The van der Waals surface area contributed by atoms with Gasteiger partial charge in [-0.15, -0.1) is 0 Å². The molecule has 0 bridgehead atoms. The zero-order valence-electron chi connectivity index (χ0n) is 22.8. The van der Waals surface area contributed by atoms with E-state index in [0.717, 1.165) is 32.1 Å². The summed E-state index contributed by atoms with van der Waals surface area (Å²) in [7, 11) is 0. The minimum absolute atomic E-state index is 0.152. The number of primary amides is 1. The van der Waals surface area contributed by atoms with E-state index in [9.17, 15) is 14.7 Å². The predicted molar refractivity (Wildman–Crippen MR) is 145 cm³/mol. The van der Waals surface area contributed by atoms with Crippen molar-refractivity contribution in [2.45, 2.75) is 161 Å². The van der Waals surface area contributed by atoms with Crippen LogP contribution in [0.15, 0.2) is 0 Å². The summed E-state index contributed by atoms with van der Waals surface area (Å²) in [6.07, 6.45) is 26.0. The lowest BCUT2D eigenvalue weighted by molar-refractivity contribution is -0.141. The van der Waals surface area contributed by atoms with Crippen molar-refractivity contribution >= 4 is 11.9 Å². The van der Waals surface area contributed by atoms with E-state index in [4.69, 9.17) is 5.73 Å². The van der Waals surface area contributed by atoms with Gasteiger partial charge in [0.1, 0.15) is 6.04 Å². The maximum atomic E-state index is 11.9. The van der Waals surface area contributed by atoms with E-state index in [-0.39, 0.29) is 12.3 Å². The topological polar surface area (TPSA) is 92.4 Å². The van der Waals surface area contributed by atoms with Gasteiger partial charge in [-0.3, -0.25) is 9.59 Å². The second-order valence-electron chi connectivity index (χ2n) is 10.4. The molecule has 5 nitrogen and oxygen atoms in total. The molecule has 4 N–H and O–H groups in total. The summed E-state index contributed by atoms with van der Waals surface area (Å²) in [5.74, 6) is -1.47. The maximum Gasteiger partial charge on any atom is 0.320 e. The number of aliphatic carboxylic acids is 1. The highest BCUT2D eigenvalue weighted by Crippen LogP contribution is 2.20. The molecule has 0 rings (SSSR count). The van der Waals surface area contributed by atoms with Crippen LogP contribution in [-0.4, -0.2) is 29.6 Å². The van der Waals surface area contributed by atoms with Gasteiger partial charge in [-0.05, 0) is 25.3 Å². The highest BCUT2D eigenvalue weighted by Gasteiger charge is 2.28. The molecule has 202 valence electrons. The number of carbonyl (C=O) groups is 2. The second kappa shape index (κ2) is 25.0. The van der Waals surface area contributed by atoms with Gasteiger partial charge in [0, 0.05) is 6.42 Å². The highest BCUT2D eigenvalue weighted by molar-refractivity contribution is 5.78. The third kappa shape index (κ3) is 21.4. The van der Waals surface area contributed by atoms with Gasteiger partial charge in [-0.25, -0.2) is 0 Å². The molecule has 2 atom stereocenters. The van der Waals surface area contributed by atoms with Crippen molar-refractivity contribution in [2.24, 2.45) is 11.7 Å². The molecule has 34 heavy (non-hydrogen) atoms. The van der Waals surface area contributed by atoms with Gasteiger partial charge in [-0.1, -0.05) is 136 Å². The van der Waals surface area contributed by atoms with Crippen molar-refractivity contribution in [3.05, 3.63) is 0 Å². The Labute approximate surface area is 211 Å². The molecular weight excluding hydrogens is 424 g/mol. The Hall–Kier alpha value is -1.10. The quantitative estimate of drug-likeness (QED) is 0.104. The van der Waals surface area contributed by atoms with E-state index in [2.05, 4.69) is 19.2 Å². The molecule has 0 aliphatic rings. The Morgan fingerprint density at radius 1 is 0.647 bits per heavy atom. The first kappa shape index (κ1) is 32.9. The van der Waals surface area contributed by atoms with Crippen molar-refractivity contribution in [2.75, 3.05) is 6.54 Å². The maximum absolute atomic E-state index is 11.9. The molecule has 0 heterocycles. The van der Waals surface area contributed by atoms with Crippen LogP contribution in [0.3, 0.4) is 0 Å². The number of nitrogens with one attached hydrogen (secondary N) is 1. The summed E-state index contributed by atoms with van der Waals surface area (Å²) in [6.45, 7) is 5.19. The largest absolute Gasteiger partial charge is 0.480 e. The molecule has 0 saturated heterocycles. The van der Waals surface area contributed by atoms with E-state index in [0.29, 0.717) is 6.54 Å². The summed E-state index contributed by atoms with van der Waals surface area (Å²) in [6, 6.07) is -0.676.